The summed E-state index contributed by atoms with van der Waals surface area (Å²) in [5.41, 5.74) is 0.712. The third-order valence-electron chi connectivity index (χ3n) is 3.59. The van der Waals surface area contributed by atoms with E-state index in [1.807, 2.05) is 42.3 Å². The highest BCUT2D eigenvalue weighted by molar-refractivity contribution is 7.98. The zero-order valence-electron chi connectivity index (χ0n) is 11.9. The Morgan fingerprint density at radius 1 is 1.40 bits per heavy atom. The van der Waals surface area contributed by atoms with Gasteiger partial charge in [-0.25, -0.2) is 0 Å². The third-order valence-corrected chi connectivity index (χ3v) is 4.33. The Bertz CT molecular complexity index is 487. The fourth-order valence-electron chi connectivity index (χ4n) is 2.45. The van der Waals surface area contributed by atoms with Crippen LogP contribution in [0.5, 0.6) is 0 Å². The molecule has 0 spiro atoms. The lowest BCUT2D eigenvalue weighted by Gasteiger charge is -2.33. The number of piperazine rings is 1. The lowest BCUT2D eigenvalue weighted by atomic mass is 10.1. The van der Waals surface area contributed by atoms with Crippen molar-refractivity contribution in [3.8, 4) is 0 Å². The van der Waals surface area contributed by atoms with Crippen LogP contribution >= 0.6 is 11.8 Å². The third kappa shape index (κ3) is 3.41. The van der Waals surface area contributed by atoms with Crippen LogP contribution in [0.25, 0.3) is 0 Å². The molecule has 1 aliphatic heterocycles. The summed E-state index contributed by atoms with van der Waals surface area (Å²) >= 11 is 1.65. The first kappa shape index (κ1) is 15.1. The van der Waals surface area contributed by atoms with Crippen LogP contribution in [0, 0.1) is 0 Å². The van der Waals surface area contributed by atoms with Crippen LogP contribution in [0.2, 0.25) is 0 Å². The SMILES string of the molecule is CCC1C(=O)NCCN1CC(=O)c1ccc(SC)cc1. The van der Waals surface area contributed by atoms with Crippen molar-refractivity contribution in [3.05, 3.63) is 29.8 Å². The lowest BCUT2D eigenvalue weighted by Crippen LogP contribution is -2.56. The Balaban J connectivity index is 2.04. The van der Waals surface area contributed by atoms with E-state index in [-0.39, 0.29) is 17.7 Å². The van der Waals surface area contributed by atoms with Crippen molar-refractivity contribution in [2.24, 2.45) is 0 Å². The number of benzene rings is 1. The van der Waals surface area contributed by atoms with Crippen LogP contribution in [0.3, 0.4) is 0 Å². The molecule has 4 nitrogen and oxygen atoms in total. The molecular weight excluding hydrogens is 272 g/mol. The summed E-state index contributed by atoms with van der Waals surface area (Å²) in [4.78, 5) is 27.2. The molecule has 0 aliphatic carbocycles. The van der Waals surface area contributed by atoms with Gasteiger partial charge in [0.2, 0.25) is 5.91 Å². The minimum atomic E-state index is -0.182. The molecule has 1 atom stereocenters. The second-order valence-electron chi connectivity index (χ2n) is 4.84. The Morgan fingerprint density at radius 3 is 2.70 bits per heavy atom. The summed E-state index contributed by atoms with van der Waals surface area (Å²) in [6.07, 6.45) is 2.74. The Hall–Kier alpha value is -1.33. The van der Waals surface area contributed by atoms with Crippen molar-refractivity contribution in [3.63, 3.8) is 0 Å². The van der Waals surface area contributed by atoms with Gasteiger partial charge in [0, 0.05) is 23.5 Å². The molecule has 0 bridgehead atoms. The number of nitrogens with zero attached hydrogens (tertiary/aromatic N) is 1. The van der Waals surface area contributed by atoms with E-state index in [2.05, 4.69) is 5.32 Å². The first-order valence-corrected chi connectivity index (χ1v) is 8.07. The van der Waals surface area contributed by atoms with Gasteiger partial charge in [0.05, 0.1) is 12.6 Å². The van der Waals surface area contributed by atoms with Crippen LogP contribution in [0.4, 0.5) is 0 Å². The fraction of sp³-hybridized carbons (Fsp3) is 0.467. The summed E-state index contributed by atoms with van der Waals surface area (Å²) in [6.45, 7) is 3.64. The van der Waals surface area contributed by atoms with Gasteiger partial charge in [-0.2, -0.15) is 0 Å². The molecule has 1 N–H and O–H groups in total. The molecule has 1 unspecified atom stereocenters. The van der Waals surface area contributed by atoms with E-state index in [1.54, 1.807) is 11.8 Å². The monoisotopic (exact) mass is 292 g/mol. The van der Waals surface area contributed by atoms with Gasteiger partial charge in [-0.3, -0.25) is 14.5 Å². The largest absolute Gasteiger partial charge is 0.353 e. The molecule has 1 saturated heterocycles. The van der Waals surface area contributed by atoms with Crippen molar-refractivity contribution in [2.75, 3.05) is 25.9 Å². The van der Waals surface area contributed by atoms with Crippen LogP contribution < -0.4 is 5.32 Å². The van der Waals surface area contributed by atoms with E-state index >= 15 is 0 Å². The van der Waals surface area contributed by atoms with E-state index < -0.39 is 0 Å². The number of carbonyl (C=O) groups excluding carboxylic acids is 2. The second kappa shape index (κ2) is 6.90. The predicted octanol–water partition coefficient (Wildman–Crippen LogP) is 1.80. The number of hydrogen-bond acceptors (Lipinski definition) is 4. The zero-order valence-corrected chi connectivity index (χ0v) is 12.7. The highest BCUT2D eigenvalue weighted by Gasteiger charge is 2.29. The topological polar surface area (TPSA) is 49.4 Å². The van der Waals surface area contributed by atoms with Crippen molar-refractivity contribution in [2.45, 2.75) is 24.3 Å². The normalized spacial score (nSPS) is 19.7. The Kier molecular flexibility index (Phi) is 5.20. The molecule has 1 aromatic rings. The van der Waals surface area contributed by atoms with E-state index in [9.17, 15) is 9.59 Å². The van der Waals surface area contributed by atoms with Gasteiger partial charge in [-0.15, -0.1) is 11.8 Å². The van der Waals surface area contributed by atoms with Gasteiger partial charge >= 0.3 is 0 Å². The minimum Gasteiger partial charge on any atom is -0.353 e. The minimum absolute atomic E-state index is 0.0317. The fourth-order valence-corrected chi connectivity index (χ4v) is 2.86. The number of ketones is 1. The maximum absolute atomic E-state index is 12.3. The number of hydrogen-bond donors (Lipinski definition) is 1. The molecular formula is C15H20N2O2S. The van der Waals surface area contributed by atoms with Gasteiger partial charge < -0.3 is 5.32 Å². The number of rotatable bonds is 5. The van der Waals surface area contributed by atoms with Crippen molar-refractivity contribution >= 4 is 23.5 Å². The van der Waals surface area contributed by atoms with Gasteiger partial charge in [0.1, 0.15) is 0 Å². The molecule has 0 radical (unpaired) electrons. The standard InChI is InChI=1S/C15H20N2O2S/c1-3-13-15(19)16-8-9-17(13)10-14(18)11-4-6-12(20-2)7-5-11/h4-7,13H,3,8-10H2,1-2H3,(H,16,19). The smallest absolute Gasteiger partial charge is 0.237 e. The van der Waals surface area contributed by atoms with Crippen LogP contribution in [0.15, 0.2) is 29.2 Å². The summed E-state index contributed by atoms with van der Waals surface area (Å²) in [5.74, 6) is 0.107. The molecule has 1 aromatic carbocycles. The van der Waals surface area contributed by atoms with Gasteiger partial charge in [-0.1, -0.05) is 19.1 Å². The Labute approximate surface area is 123 Å². The summed E-state index contributed by atoms with van der Waals surface area (Å²) in [6, 6.07) is 7.45. The maximum atomic E-state index is 12.3. The van der Waals surface area contributed by atoms with Gasteiger partial charge in [0.25, 0.3) is 0 Å². The molecule has 1 aliphatic rings. The van der Waals surface area contributed by atoms with Crippen LogP contribution in [-0.2, 0) is 4.79 Å². The van der Waals surface area contributed by atoms with E-state index in [4.69, 9.17) is 0 Å². The number of amides is 1. The molecule has 0 saturated carbocycles. The number of carbonyl (C=O) groups is 2. The average molecular weight is 292 g/mol. The van der Waals surface area contributed by atoms with Gasteiger partial charge in [0.15, 0.2) is 5.78 Å². The first-order valence-electron chi connectivity index (χ1n) is 6.84. The van der Waals surface area contributed by atoms with Crippen LogP contribution in [-0.4, -0.2) is 48.5 Å². The highest BCUT2D eigenvalue weighted by Crippen LogP contribution is 2.16. The molecule has 1 amide bonds. The highest BCUT2D eigenvalue weighted by atomic mass is 32.2. The molecule has 2 rings (SSSR count). The molecule has 1 heterocycles. The van der Waals surface area contributed by atoms with Crippen molar-refractivity contribution in [1.82, 2.24) is 10.2 Å². The molecule has 5 heteroatoms. The van der Waals surface area contributed by atoms with Gasteiger partial charge in [-0.05, 0) is 24.8 Å². The second-order valence-corrected chi connectivity index (χ2v) is 5.72. The lowest BCUT2D eigenvalue weighted by molar-refractivity contribution is -0.128. The molecule has 0 aromatic heterocycles. The maximum Gasteiger partial charge on any atom is 0.237 e. The Morgan fingerprint density at radius 2 is 2.10 bits per heavy atom. The number of thioether (sulfide) groups is 1. The summed E-state index contributed by atoms with van der Waals surface area (Å²) in [7, 11) is 0. The molecule has 1 fully saturated rings. The van der Waals surface area contributed by atoms with E-state index in [1.165, 1.54) is 0 Å². The van der Waals surface area contributed by atoms with Crippen molar-refractivity contribution < 1.29 is 9.59 Å². The van der Waals surface area contributed by atoms with E-state index in [0.29, 0.717) is 18.7 Å². The van der Waals surface area contributed by atoms with E-state index in [0.717, 1.165) is 17.9 Å². The summed E-state index contributed by atoms with van der Waals surface area (Å²) < 4.78 is 0. The molecule has 20 heavy (non-hydrogen) atoms. The quantitative estimate of drug-likeness (QED) is 0.664. The van der Waals surface area contributed by atoms with Crippen LogP contribution in [0.1, 0.15) is 23.7 Å². The zero-order chi connectivity index (χ0) is 14.5. The molecule has 108 valence electrons. The first-order chi connectivity index (χ1) is 9.65. The predicted molar refractivity (Wildman–Crippen MR) is 81.2 cm³/mol. The van der Waals surface area contributed by atoms with Crippen molar-refractivity contribution in [1.29, 1.82) is 0 Å². The summed E-state index contributed by atoms with van der Waals surface area (Å²) in [5, 5.41) is 2.85. The average Bonchev–Trinajstić information content (AvgIpc) is 2.47. The number of Topliss-reactive ketones (excluding diaryl/α,β-unsaturated/α-hetero) is 1. The number of nitrogens with one attached hydrogen (secondary N) is 1.